The molecule has 0 atom stereocenters. The SMILES string of the molecule is CNC(=O)CN(C)CCOc1cccc(C#CCCO)c1. The van der Waals surface area contributed by atoms with Gasteiger partial charge in [-0.1, -0.05) is 17.9 Å². The average molecular weight is 290 g/mol. The van der Waals surface area contributed by atoms with Crippen molar-refractivity contribution < 1.29 is 14.6 Å². The molecule has 0 bridgehead atoms. The van der Waals surface area contributed by atoms with Crippen molar-refractivity contribution in [1.29, 1.82) is 0 Å². The highest BCUT2D eigenvalue weighted by molar-refractivity contribution is 5.77. The standard InChI is InChI=1S/C16H22N2O3/c1-17-16(20)13-18(2)9-11-21-15-8-5-7-14(12-15)6-3-4-10-19/h5,7-8,12,19H,4,9-11,13H2,1-2H3,(H,17,20). The van der Waals surface area contributed by atoms with Gasteiger partial charge in [0.15, 0.2) is 0 Å². The van der Waals surface area contributed by atoms with Crippen LogP contribution in [0.1, 0.15) is 12.0 Å². The maximum absolute atomic E-state index is 11.2. The van der Waals surface area contributed by atoms with Crippen molar-refractivity contribution in [3.05, 3.63) is 29.8 Å². The van der Waals surface area contributed by atoms with E-state index in [1.165, 1.54) is 0 Å². The van der Waals surface area contributed by atoms with Crippen LogP contribution >= 0.6 is 0 Å². The molecule has 114 valence electrons. The number of aliphatic hydroxyl groups is 1. The first-order valence-electron chi connectivity index (χ1n) is 6.87. The predicted molar refractivity (Wildman–Crippen MR) is 82.1 cm³/mol. The van der Waals surface area contributed by atoms with E-state index in [1.54, 1.807) is 7.05 Å². The molecule has 0 saturated carbocycles. The number of ether oxygens (including phenoxy) is 1. The third-order valence-corrected chi connectivity index (χ3v) is 2.74. The largest absolute Gasteiger partial charge is 0.492 e. The Balaban J connectivity index is 2.40. The number of likely N-dealkylation sites (N-methyl/N-ethyl adjacent to an activating group) is 2. The number of nitrogens with zero attached hydrogens (tertiary/aromatic N) is 1. The molecule has 1 amide bonds. The molecule has 0 aliphatic heterocycles. The monoisotopic (exact) mass is 290 g/mol. The third kappa shape index (κ3) is 7.35. The van der Waals surface area contributed by atoms with E-state index < -0.39 is 0 Å². The summed E-state index contributed by atoms with van der Waals surface area (Å²) < 4.78 is 5.65. The maximum Gasteiger partial charge on any atom is 0.233 e. The number of rotatable bonds is 7. The van der Waals surface area contributed by atoms with Gasteiger partial charge in [-0.05, 0) is 25.2 Å². The van der Waals surface area contributed by atoms with Gasteiger partial charge >= 0.3 is 0 Å². The van der Waals surface area contributed by atoms with Crippen molar-refractivity contribution in [2.75, 3.05) is 40.4 Å². The fourth-order valence-electron chi connectivity index (χ4n) is 1.61. The Morgan fingerprint density at radius 3 is 3.00 bits per heavy atom. The number of amides is 1. The van der Waals surface area contributed by atoms with E-state index >= 15 is 0 Å². The summed E-state index contributed by atoms with van der Waals surface area (Å²) in [5.41, 5.74) is 0.861. The molecule has 5 heteroatoms. The van der Waals surface area contributed by atoms with Gasteiger partial charge in [0.1, 0.15) is 12.4 Å². The molecule has 21 heavy (non-hydrogen) atoms. The fraction of sp³-hybridized carbons (Fsp3) is 0.438. The van der Waals surface area contributed by atoms with Gasteiger partial charge in [0.25, 0.3) is 0 Å². The zero-order valence-electron chi connectivity index (χ0n) is 12.6. The third-order valence-electron chi connectivity index (χ3n) is 2.74. The summed E-state index contributed by atoms with van der Waals surface area (Å²) in [6, 6.07) is 7.51. The van der Waals surface area contributed by atoms with Crippen molar-refractivity contribution in [3.8, 4) is 17.6 Å². The molecule has 0 heterocycles. The average Bonchev–Trinajstić information content (AvgIpc) is 2.48. The number of carbonyl (C=O) groups excluding carboxylic acids is 1. The topological polar surface area (TPSA) is 61.8 Å². The first-order valence-corrected chi connectivity index (χ1v) is 6.87. The molecule has 0 aromatic heterocycles. The lowest BCUT2D eigenvalue weighted by Gasteiger charge is -2.15. The quantitative estimate of drug-likeness (QED) is 0.717. The van der Waals surface area contributed by atoms with Crippen LogP contribution in [0.5, 0.6) is 5.75 Å². The van der Waals surface area contributed by atoms with Gasteiger partial charge in [-0.25, -0.2) is 0 Å². The molecule has 2 N–H and O–H groups in total. The molecular weight excluding hydrogens is 268 g/mol. The normalized spacial score (nSPS) is 9.90. The minimum absolute atomic E-state index is 0.0151. The van der Waals surface area contributed by atoms with E-state index in [0.717, 1.165) is 11.3 Å². The van der Waals surface area contributed by atoms with E-state index in [-0.39, 0.29) is 12.5 Å². The minimum atomic E-state index is -0.0151. The number of nitrogens with one attached hydrogen (secondary N) is 1. The summed E-state index contributed by atoms with van der Waals surface area (Å²) in [6.45, 7) is 1.59. The Hall–Kier alpha value is -2.03. The first-order chi connectivity index (χ1) is 10.2. The van der Waals surface area contributed by atoms with E-state index in [0.29, 0.717) is 26.1 Å². The zero-order valence-corrected chi connectivity index (χ0v) is 12.6. The molecule has 5 nitrogen and oxygen atoms in total. The summed E-state index contributed by atoms with van der Waals surface area (Å²) in [5.74, 6) is 6.57. The highest BCUT2D eigenvalue weighted by Gasteiger charge is 2.04. The number of aliphatic hydroxyl groups excluding tert-OH is 1. The number of hydrogen-bond donors (Lipinski definition) is 2. The molecule has 0 aliphatic rings. The number of benzene rings is 1. The lowest BCUT2D eigenvalue weighted by atomic mass is 10.2. The molecule has 1 rings (SSSR count). The van der Waals surface area contributed by atoms with Crippen molar-refractivity contribution in [2.24, 2.45) is 0 Å². The lowest BCUT2D eigenvalue weighted by Crippen LogP contribution is -2.35. The van der Waals surface area contributed by atoms with Gasteiger partial charge < -0.3 is 15.2 Å². The summed E-state index contributed by atoms with van der Waals surface area (Å²) in [4.78, 5) is 13.1. The van der Waals surface area contributed by atoms with Crippen molar-refractivity contribution in [1.82, 2.24) is 10.2 Å². The highest BCUT2D eigenvalue weighted by Crippen LogP contribution is 2.12. The molecule has 1 aromatic rings. The van der Waals surface area contributed by atoms with Crippen molar-refractivity contribution in [2.45, 2.75) is 6.42 Å². The second-order valence-corrected chi connectivity index (χ2v) is 4.56. The van der Waals surface area contributed by atoms with E-state index in [2.05, 4.69) is 17.2 Å². The Morgan fingerprint density at radius 2 is 2.29 bits per heavy atom. The zero-order chi connectivity index (χ0) is 15.5. The number of carbonyl (C=O) groups is 1. The van der Waals surface area contributed by atoms with Gasteiger partial charge in [-0.2, -0.15) is 0 Å². The van der Waals surface area contributed by atoms with Gasteiger partial charge in [0.2, 0.25) is 5.91 Å². The van der Waals surface area contributed by atoms with Gasteiger partial charge in [-0.15, -0.1) is 0 Å². The van der Waals surface area contributed by atoms with Crippen molar-refractivity contribution in [3.63, 3.8) is 0 Å². The van der Waals surface area contributed by atoms with Crippen LogP contribution in [-0.4, -0.2) is 56.3 Å². The van der Waals surface area contributed by atoms with Crippen LogP contribution in [0.15, 0.2) is 24.3 Å². The van der Waals surface area contributed by atoms with Gasteiger partial charge in [0.05, 0.1) is 13.2 Å². The Bertz CT molecular complexity index is 506. The second-order valence-electron chi connectivity index (χ2n) is 4.56. The molecule has 0 aliphatic carbocycles. The van der Waals surface area contributed by atoms with Crippen LogP contribution in [0.25, 0.3) is 0 Å². The van der Waals surface area contributed by atoms with Gasteiger partial charge in [-0.3, -0.25) is 9.69 Å². The van der Waals surface area contributed by atoms with Crippen LogP contribution < -0.4 is 10.1 Å². The van der Waals surface area contributed by atoms with Crippen LogP contribution in [0.3, 0.4) is 0 Å². The summed E-state index contributed by atoms with van der Waals surface area (Å²) in [6.07, 6.45) is 0.468. The molecular formula is C16H22N2O3. The predicted octanol–water partition coefficient (Wildman–Crippen LogP) is 0.477. The van der Waals surface area contributed by atoms with Gasteiger partial charge in [0, 0.05) is 25.6 Å². The molecule has 0 spiro atoms. The fourth-order valence-corrected chi connectivity index (χ4v) is 1.61. The molecule has 0 unspecified atom stereocenters. The molecule has 0 fully saturated rings. The van der Waals surface area contributed by atoms with Crippen LogP contribution in [-0.2, 0) is 4.79 Å². The smallest absolute Gasteiger partial charge is 0.233 e. The van der Waals surface area contributed by atoms with E-state index in [9.17, 15) is 4.79 Å². The highest BCUT2D eigenvalue weighted by atomic mass is 16.5. The minimum Gasteiger partial charge on any atom is -0.492 e. The summed E-state index contributed by atoms with van der Waals surface area (Å²) in [7, 11) is 3.49. The maximum atomic E-state index is 11.2. The van der Waals surface area contributed by atoms with E-state index in [4.69, 9.17) is 9.84 Å². The number of hydrogen-bond acceptors (Lipinski definition) is 4. The van der Waals surface area contributed by atoms with Crippen molar-refractivity contribution >= 4 is 5.91 Å². The molecule has 0 saturated heterocycles. The summed E-state index contributed by atoms with van der Waals surface area (Å²) in [5, 5.41) is 11.3. The summed E-state index contributed by atoms with van der Waals surface area (Å²) >= 11 is 0. The van der Waals surface area contributed by atoms with Crippen LogP contribution in [0.4, 0.5) is 0 Å². The first kappa shape index (κ1) is 17.0. The Kier molecular flexibility index (Phi) is 7.95. The Morgan fingerprint density at radius 1 is 1.48 bits per heavy atom. The van der Waals surface area contributed by atoms with Crippen LogP contribution in [0.2, 0.25) is 0 Å². The lowest BCUT2D eigenvalue weighted by molar-refractivity contribution is -0.121. The Labute approximate surface area is 125 Å². The van der Waals surface area contributed by atoms with Crippen LogP contribution in [0, 0.1) is 11.8 Å². The molecule has 1 aromatic carbocycles. The second kappa shape index (κ2) is 9.81. The molecule has 0 radical (unpaired) electrons. The van der Waals surface area contributed by atoms with E-state index in [1.807, 2.05) is 36.2 Å².